The number of hydrogen-bond donors (Lipinski definition) is 1. The summed E-state index contributed by atoms with van der Waals surface area (Å²) in [5.74, 6) is -0.909. The maximum Gasteiger partial charge on any atom is 0.307 e. The topological polar surface area (TPSA) is 37.3 Å². The van der Waals surface area contributed by atoms with Crippen LogP contribution in [0.15, 0.2) is 18.2 Å². The van der Waals surface area contributed by atoms with Crippen LogP contribution in [0.2, 0.25) is 5.02 Å². The Kier molecular flexibility index (Phi) is 2.23. The average Bonchev–Trinajstić information content (AvgIpc) is 2.43. The van der Waals surface area contributed by atoms with Gasteiger partial charge in [0, 0.05) is 5.02 Å². The summed E-state index contributed by atoms with van der Waals surface area (Å²) in [4.78, 5) is 10.9. The highest BCUT2D eigenvalue weighted by molar-refractivity contribution is 6.30. The van der Waals surface area contributed by atoms with E-state index in [0.29, 0.717) is 11.4 Å². The van der Waals surface area contributed by atoms with E-state index in [1.165, 1.54) is 0 Å². The molecule has 14 heavy (non-hydrogen) atoms. The summed E-state index contributed by atoms with van der Waals surface area (Å²) in [6, 6.07) is 5.63. The van der Waals surface area contributed by atoms with Gasteiger partial charge < -0.3 is 5.11 Å². The van der Waals surface area contributed by atoms with Gasteiger partial charge in [-0.25, -0.2) is 0 Å². The molecule has 1 N–H and O–H groups in total. The minimum Gasteiger partial charge on any atom is -0.481 e. The van der Waals surface area contributed by atoms with Crippen LogP contribution in [0.1, 0.15) is 24.0 Å². The zero-order valence-electron chi connectivity index (χ0n) is 7.83. The second-order valence-corrected chi connectivity index (χ2v) is 4.22. The van der Waals surface area contributed by atoms with Crippen LogP contribution in [0.5, 0.6) is 0 Å². The van der Waals surface area contributed by atoms with Gasteiger partial charge in [0.15, 0.2) is 0 Å². The fourth-order valence-electron chi connectivity index (χ4n) is 2.13. The molecule has 1 aromatic carbocycles. The van der Waals surface area contributed by atoms with Gasteiger partial charge in [0.1, 0.15) is 0 Å². The molecule has 0 saturated heterocycles. The minimum absolute atomic E-state index is 0.0970. The molecule has 74 valence electrons. The predicted octanol–water partition coefficient (Wildman–Crippen LogP) is 2.70. The SMILES string of the molecule is CC1c2ccc(Cl)cc2CC1C(=O)O. The van der Waals surface area contributed by atoms with Gasteiger partial charge in [-0.05, 0) is 35.6 Å². The van der Waals surface area contributed by atoms with Crippen molar-refractivity contribution in [2.45, 2.75) is 19.3 Å². The minimum atomic E-state index is -0.718. The van der Waals surface area contributed by atoms with Crippen LogP contribution in [-0.4, -0.2) is 11.1 Å². The first-order valence-corrected chi connectivity index (χ1v) is 4.98. The first-order valence-electron chi connectivity index (χ1n) is 4.60. The van der Waals surface area contributed by atoms with Gasteiger partial charge in [0.2, 0.25) is 0 Å². The summed E-state index contributed by atoms with van der Waals surface area (Å²) >= 11 is 5.85. The van der Waals surface area contributed by atoms with Crippen molar-refractivity contribution < 1.29 is 9.90 Å². The zero-order valence-corrected chi connectivity index (χ0v) is 8.58. The Balaban J connectivity index is 2.40. The summed E-state index contributed by atoms with van der Waals surface area (Å²) in [7, 11) is 0. The molecule has 0 amide bonds. The number of hydrogen-bond acceptors (Lipinski definition) is 1. The molecule has 3 heteroatoms. The first kappa shape index (κ1) is 9.53. The standard InChI is InChI=1S/C11H11ClO2/c1-6-9-3-2-8(12)4-7(9)5-10(6)11(13)14/h2-4,6,10H,5H2,1H3,(H,13,14). The molecular formula is C11H11ClO2. The number of fused-ring (bicyclic) bond motifs is 1. The number of benzene rings is 1. The highest BCUT2D eigenvalue weighted by Gasteiger charge is 2.33. The molecule has 0 aromatic heterocycles. The van der Waals surface area contributed by atoms with E-state index >= 15 is 0 Å². The first-order chi connectivity index (χ1) is 6.59. The quantitative estimate of drug-likeness (QED) is 0.774. The molecule has 2 atom stereocenters. The number of halogens is 1. The summed E-state index contributed by atoms with van der Waals surface area (Å²) in [6.07, 6.45) is 0.604. The van der Waals surface area contributed by atoms with Crippen LogP contribution in [0.25, 0.3) is 0 Å². The monoisotopic (exact) mass is 210 g/mol. The molecule has 1 aliphatic carbocycles. The smallest absolute Gasteiger partial charge is 0.307 e. The van der Waals surface area contributed by atoms with E-state index in [1.54, 1.807) is 0 Å². The largest absolute Gasteiger partial charge is 0.481 e. The molecule has 2 rings (SSSR count). The number of carboxylic acid groups (broad SMARTS) is 1. The lowest BCUT2D eigenvalue weighted by Crippen LogP contribution is -2.16. The van der Waals surface area contributed by atoms with Gasteiger partial charge in [-0.3, -0.25) is 4.79 Å². The van der Waals surface area contributed by atoms with Crippen LogP contribution in [0.4, 0.5) is 0 Å². The van der Waals surface area contributed by atoms with Gasteiger partial charge in [-0.15, -0.1) is 0 Å². The van der Waals surface area contributed by atoms with Crippen molar-refractivity contribution in [3.63, 3.8) is 0 Å². The number of carboxylic acids is 1. The van der Waals surface area contributed by atoms with E-state index in [2.05, 4.69) is 0 Å². The van der Waals surface area contributed by atoms with Crippen molar-refractivity contribution in [2.24, 2.45) is 5.92 Å². The molecule has 0 radical (unpaired) electrons. The summed E-state index contributed by atoms with van der Waals surface area (Å²) in [6.45, 7) is 1.96. The van der Waals surface area contributed by atoms with Gasteiger partial charge in [0.25, 0.3) is 0 Å². The zero-order chi connectivity index (χ0) is 10.3. The molecule has 0 bridgehead atoms. The third-order valence-corrected chi connectivity index (χ3v) is 3.19. The molecule has 0 saturated carbocycles. The normalized spacial score (nSPS) is 24.7. The van der Waals surface area contributed by atoms with Crippen molar-refractivity contribution in [1.29, 1.82) is 0 Å². The van der Waals surface area contributed by atoms with E-state index in [9.17, 15) is 4.79 Å². The fourth-order valence-corrected chi connectivity index (χ4v) is 2.32. The van der Waals surface area contributed by atoms with Crippen LogP contribution in [-0.2, 0) is 11.2 Å². The van der Waals surface area contributed by atoms with Crippen LogP contribution in [0, 0.1) is 5.92 Å². The highest BCUT2D eigenvalue weighted by Crippen LogP contribution is 2.38. The Morgan fingerprint density at radius 3 is 2.93 bits per heavy atom. The maximum atomic E-state index is 10.9. The van der Waals surface area contributed by atoms with Crippen molar-refractivity contribution in [3.05, 3.63) is 34.3 Å². The molecule has 0 spiro atoms. The second kappa shape index (κ2) is 3.28. The number of carbonyl (C=O) groups is 1. The predicted molar refractivity (Wildman–Crippen MR) is 54.7 cm³/mol. The Labute approximate surface area is 87.5 Å². The second-order valence-electron chi connectivity index (χ2n) is 3.78. The molecule has 0 fully saturated rings. The molecule has 0 aliphatic heterocycles. The molecular weight excluding hydrogens is 200 g/mol. The molecule has 2 nitrogen and oxygen atoms in total. The van der Waals surface area contributed by atoms with Crippen molar-refractivity contribution in [1.82, 2.24) is 0 Å². The Hall–Kier alpha value is -1.02. The van der Waals surface area contributed by atoms with Gasteiger partial charge in [-0.1, -0.05) is 24.6 Å². The van der Waals surface area contributed by atoms with E-state index in [4.69, 9.17) is 16.7 Å². The van der Waals surface area contributed by atoms with E-state index in [0.717, 1.165) is 11.1 Å². The Bertz CT molecular complexity index is 387. The van der Waals surface area contributed by atoms with Crippen LogP contribution in [0.3, 0.4) is 0 Å². The van der Waals surface area contributed by atoms with Crippen molar-refractivity contribution in [2.75, 3.05) is 0 Å². The van der Waals surface area contributed by atoms with Gasteiger partial charge in [-0.2, -0.15) is 0 Å². The lowest BCUT2D eigenvalue weighted by molar-refractivity contribution is -0.142. The van der Waals surface area contributed by atoms with E-state index in [-0.39, 0.29) is 11.8 Å². The highest BCUT2D eigenvalue weighted by atomic mass is 35.5. The Morgan fingerprint density at radius 1 is 1.57 bits per heavy atom. The Morgan fingerprint density at radius 2 is 2.29 bits per heavy atom. The average molecular weight is 211 g/mol. The van der Waals surface area contributed by atoms with Gasteiger partial charge >= 0.3 is 5.97 Å². The van der Waals surface area contributed by atoms with Gasteiger partial charge in [0.05, 0.1) is 5.92 Å². The molecule has 1 aliphatic rings. The molecule has 2 unspecified atom stereocenters. The van der Waals surface area contributed by atoms with E-state index in [1.807, 2.05) is 25.1 Å². The fraction of sp³-hybridized carbons (Fsp3) is 0.364. The third-order valence-electron chi connectivity index (χ3n) is 2.96. The third kappa shape index (κ3) is 1.40. The van der Waals surface area contributed by atoms with E-state index < -0.39 is 5.97 Å². The van der Waals surface area contributed by atoms with Crippen LogP contribution < -0.4 is 0 Å². The summed E-state index contributed by atoms with van der Waals surface area (Å²) < 4.78 is 0. The molecule has 1 aromatic rings. The van der Waals surface area contributed by atoms with Crippen LogP contribution >= 0.6 is 11.6 Å². The summed E-state index contributed by atoms with van der Waals surface area (Å²) in [5, 5.41) is 9.67. The van der Waals surface area contributed by atoms with Crippen molar-refractivity contribution in [3.8, 4) is 0 Å². The lowest BCUT2D eigenvalue weighted by atomic mass is 9.95. The maximum absolute atomic E-state index is 10.9. The number of aliphatic carboxylic acids is 1. The lowest BCUT2D eigenvalue weighted by Gasteiger charge is -2.09. The molecule has 0 heterocycles. The number of rotatable bonds is 1. The summed E-state index contributed by atoms with van der Waals surface area (Å²) in [5.41, 5.74) is 2.21. The van der Waals surface area contributed by atoms with Crippen molar-refractivity contribution >= 4 is 17.6 Å².